The molecule has 0 saturated carbocycles. The third kappa shape index (κ3) is 3.01. The highest BCUT2D eigenvalue weighted by Crippen LogP contribution is 2.27. The molecular formula is C14H15ClN6O4. The average molecular weight is 367 g/mol. The molecule has 1 saturated heterocycles. The van der Waals surface area contributed by atoms with E-state index in [4.69, 9.17) is 9.63 Å². The van der Waals surface area contributed by atoms with Crippen LogP contribution in [0, 0.1) is 0 Å². The van der Waals surface area contributed by atoms with Crippen LogP contribution < -0.4 is 10.9 Å². The van der Waals surface area contributed by atoms with Crippen LogP contribution in [0.2, 0.25) is 0 Å². The molecule has 0 radical (unpaired) electrons. The second-order valence-corrected chi connectivity index (χ2v) is 5.63. The van der Waals surface area contributed by atoms with Gasteiger partial charge in [0.15, 0.2) is 0 Å². The summed E-state index contributed by atoms with van der Waals surface area (Å²) < 4.78 is 6.63. The van der Waals surface area contributed by atoms with Crippen LogP contribution in [0.3, 0.4) is 0 Å². The lowest BCUT2D eigenvalue weighted by atomic mass is 9.94. The molecule has 11 heteroatoms. The van der Waals surface area contributed by atoms with Crippen molar-refractivity contribution in [1.29, 1.82) is 0 Å². The number of halogens is 1. The number of carboxylic acid groups (broad SMARTS) is 1. The van der Waals surface area contributed by atoms with Gasteiger partial charge in [0, 0.05) is 12.0 Å². The van der Waals surface area contributed by atoms with Crippen molar-refractivity contribution in [3.8, 4) is 11.5 Å². The maximum atomic E-state index is 12.1. The summed E-state index contributed by atoms with van der Waals surface area (Å²) in [7, 11) is 0. The predicted molar refractivity (Wildman–Crippen MR) is 88.2 cm³/mol. The van der Waals surface area contributed by atoms with Crippen molar-refractivity contribution in [3.05, 3.63) is 34.1 Å². The Bertz CT molecular complexity index is 971. The topological polar surface area (TPSA) is 138 Å². The minimum atomic E-state index is -1.29. The van der Waals surface area contributed by atoms with Crippen LogP contribution >= 0.6 is 12.4 Å². The molecule has 3 N–H and O–H groups in total. The van der Waals surface area contributed by atoms with Crippen molar-refractivity contribution in [3.63, 3.8) is 0 Å². The van der Waals surface area contributed by atoms with Gasteiger partial charge < -0.3 is 19.9 Å². The molecule has 3 aromatic rings. The van der Waals surface area contributed by atoms with E-state index >= 15 is 0 Å². The molecule has 4 rings (SSSR count). The number of hydrogen-bond donors (Lipinski definition) is 3. The van der Waals surface area contributed by atoms with E-state index in [1.165, 1.54) is 6.20 Å². The van der Waals surface area contributed by atoms with E-state index in [2.05, 4.69) is 25.5 Å². The second-order valence-electron chi connectivity index (χ2n) is 5.63. The molecule has 3 aromatic heterocycles. The quantitative estimate of drug-likeness (QED) is 0.614. The van der Waals surface area contributed by atoms with E-state index in [0.29, 0.717) is 11.2 Å². The average Bonchev–Trinajstić information content (AvgIpc) is 3.21. The predicted octanol–water partition coefficient (Wildman–Crippen LogP) is 0.660. The number of aromatic amines is 1. The van der Waals surface area contributed by atoms with Gasteiger partial charge in [0.1, 0.15) is 11.2 Å². The maximum Gasteiger partial charge on any atom is 0.377 e. The molecule has 1 aliphatic rings. The Morgan fingerprint density at radius 2 is 2.12 bits per heavy atom. The van der Waals surface area contributed by atoms with Gasteiger partial charge in [0.25, 0.3) is 17.3 Å². The third-order valence-electron chi connectivity index (χ3n) is 4.14. The number of fused-ring (bicyclic) bond motifs is 1. The standard InChI is InChI=1S/C14H14N6O4.ClH/c21-10-5-9(7-1-3-15-4-2-7)20-12(17-10)8(6-16-20)13-18-11(14(22)23)19-24-13;/h5-7,15H,1-4H2,(H,17,21)(H,22,23);1H. The first kappa shape index (κ1) is 17.1. The number of H-pyrrole nitrogens is 1. The Kier molecular flexibility index (Phi) is 4.55. The first-order valence-electron chi connectivity index (χ1n) is 7.52. The second kappa shape index (κ2) is 6.65. The lowest BCUT2D eigenvalue weighted by Crippen LogP contribution is -2.28. The molecule has 0 bridgehead atoms. The first-order chi connectivity index (χ1) is 11.6. The molecule has 0 spiro atoms. The van der Waals surface area contributed by atoms with Crippen molar-refractivity contribution in [2.45, 2.75) is 18.8 Å². The summed E-state index contributed by atoms with van der Waals surface area (Å²) in [4.78, 5) is 29.5. The van der Waals surface area contributed by atoms with Crippen molar-refractivity contribution in [2.24, 2.45) is 0 Å². The number of aromatic carboxylic acids is 1. The molecule has 0 atom stereocenters. The van der Waals surface area contributed by atoms with Crippen LogP contribution in [0.25, 0.3) is 17.1 Å². The van der Waals surface area contributed by atoms with Crippen LogP contribution in [-0.2, 0) is 0 Å². The molecule has 4 heterocycles. The van der Waals surface area contributed by atoms with Crippen LogP contribution in [0.1, 0.15) is 35.1 Å². The molecule has 1 aliphatic heterocycles. The zero-order valence-electron chi connectivity index (χ0n) is 12.9. The van der Waals surface area contributed by atoms with Crippen LogP contribution in [0.15, 0.2) is 21.6 Å². The number of aromatic nitrogens is 5. The number of piperidine rings is 1. The van der Waals surface area contributed by atoms with E-state index in [-0.39, 0.29) is 29.8 Å². The minimum Gasteiger partial charge on any atom is -0.475 e. The third-order valence-corrected chi connectivity index (χ3v) is 4.14. The van der Waals surface area contributed by atoms with Crippen molar-refractivity contribution < 1.29 is 14.4 Å². The molecule has 25 heavy (non-hydrogen) atoms. The fourth-order valence-electron chi connectivity index (χ4n) is 3.00. The Hall–Kier alpha value is -2.72. The maximum absolute atomic E-state index is 12.1. The summed E-state index contributed by atoms with van der Waals surface area (Å²) in [6.45, 7) is 1.78. The number of hydrogen-bond acceptors (Lipinski definition) is 7. The Morgan fingerprint density at radius 1 is 1.36 bits per heavy atom. The number of nitrogens with one attached hydrogen (secondary N) is 2. The molecule has 0 aliphatic carbocycles. The summed E-state index contributed by atoms with van der Waals surface area (Å²) in [5, 5.41) is 19.9. The Labute approximate surface area is 146 Å². The summed E-state index contributed by atoms with van der Waals surface area (Å²) in [5.74, 6) is -1.51. The van der Waals surface area contributed by atoms with Gasteiger partial charge >= 0.3 is 5.97 Å². The van der Waals surface area contributed by atoms with Crippen LogP contribution in [0.5, 0.6) is 0 Å². The van der Waals surface area contributed by atoms with Gasteiger partial charge in [-0.1, -0.05) is 0 Å². The summed E-state index contributed by atoms with van der Waals surface area (Å²) in [6.07, 6.45) is 3.31. The first-order valence-corrected chi connectivity index (χ1v) is 7.52. The highest BCUT2D eigenvalue weighted by atomic mass is 35.5. The minimum absolute atomic E-state index is 0. The molecule has 10 nitrogen and oxygen atoms in total. The van der Waals surface area contributed by atoms with Gasteiger partial charge in [-0.3, -0.25) is 4.79 Å². The monoisotopic (exact) mass is 366 g/mol. The zero-order valence-corrected chi connectivity index (χ0v) is 13.7. The molecule has 0 amide bonds. The summed E-state index contributed by atoms with van der Waals surface area (Å²) >= 11 is 0. The van der Waals surface area contributed by atoms with E-state index in [1.54, 1.807) is 10.6 Å². The molecule has 1 fully saturated rings. The fraction of sp³-hybridized carbons (Fsp3) is 0.357. The van der Waals surface area contributed by atoms with Gasteiger partial charge in [0.05, 0.1) is 11.9 Å². The number of carboxylic acids is 1. The van der Waals surface area contributed by atoms with E-state index in [1.807, 2.05) is 0 Å². The Balaban J connectivity index is 0.00000182. The summed E-state index contributed by atoms with van der Waals surface area (Å²) in [5.41, 5.74) is 1.37. The van der Waals surface area contributed by atoms with E-state index in [0.717, 1.165) is 31.6 Å². The normalized spacial score (nSPS) is 15.2. The van der Waals surface area contributed by atoms with Gasteiger partial charge in [-0.2, -0.15) is 10.1 Å². The SMILES string of the molecule is Cl.O=C(O)c1noc(-c2cnn3c(C4CCNCC4)cc(=O)[nH]c23)n1. The largest absolute Gasteiger partial charge is 0.475 e. The highest BCUT2D eigenvalue weighted by Gasteiger charge is 2.23. The van der Waals surface area contributed by atoms with Gasteiger partial charge in [-0.05, 0) is 31.1 Å². The fourth-order valence-corrected chi connectivity index (χ4v) is 3.00. The molecule has 0 unspecified atom stereocenters. The lowest BCUT2D eigenvalue weighted by molar-refractivity contribution is 0.0680. The number of carbonyl (C=O) groups is 1. The van der Waals surface area contributed by atoms with E-state index in [9.17, 15) is 9.59 Å². The lowest BCUT2D eigenvalue weighted by Gasteiger charge is -2.23. The van der Waals surface area contributed by atoms with Crippen LogP contribution in [-0.4, -0.2) is 48.9 Å². The van der Waals surface area contributed by atoms with E-state index < -0.39 is 11.8 Å². The smallest absolute Gasteiger partial charge is 0.377 e. The molecular weight excluding hydrogens is 352 g/mol. The van der Waals surface area contributed by atoms with Crippen molar-refractivity contribution in [2.75, 3.05) is 13.1 Å². The Morgan fingerprint density at radius 3 is 2.80 bits per heavy atom. The molecule has 0 aromatic carbocycles. The number of nitrogens with zero attached hydrogens (tertiary/aromatic N) is 4. The zero-order chi connectivity index (χ0) is 16.7. The molecule has 132 valence electrons. The van der Waals surface area contributed by atoms with Crippen LogP contribution in [0.4, 0.5) is 0 Å². The van der Waals surface area contributed by atoms with Crippen molar-refractivity contribution in [1.82, 2.24) is 30.1 Å². The summed E-state index contributed by atoms with van der Waals surface area (Å²) in [6, 6.07) is 1.55. The van der Waals surface area contributed by atoms with Gasteiger partial charge in [-0.15, -0.1) is 12.4 Å². The number of rotatable bonds is 3. The van der Waals surface area contributed by atoms with Crippen molar-refractivity contribution >= 4 is 24.0 Å². The van der Waals surface area contributed by atoms with Gasteiger partial charge in [0.2, 0.25) is 0 Å². The highest BCUT2D eigenvalue weighted by molar-refractivity contribution is 5.85. The van der Waals surface area contributed by atoms with Gasteiger partial charge in [-0.25, -0.2) is 9.31 Å².